The Labute approximate surface area is 104 Å². The Morgan fingerprint density at radius 2 is 1.94 bits per heavy atom. The summed E-state index contributed by atoms with van der Waals surface area (Å²) in [6, 6.07) is 0. The molecule has 4 nitrogen and oxygen atoms in total. The highest BCUT2D eigenvalue weighted by Gasteiger charge is 2.42. The third kappa shape index (κ3) is 3.31. The van der Waals surface area contributed by atoms with Gasteiger partial charge in [-0.05, 0) is 24.2 Å². The maximum atomic E-state index is 10.0. The lowest BCUT2D eigenvalue weighted by Crippen LogP contribution is -2.51. The van der Waals surface area contributed by atoms with Crippen LogP contribution < -0.4 is 0 Å². The van der Waals surface area contributed by atoms with E-state index in [0.717, 1.165) is 0 Å². The molecular weight excluding hydrogens is 236 g/mol. The van der Waals surface area contributed by atoms with Crippen molar-refractivity contribution < 1.29 is 19.4 Å². The largest absolute Gasteiger partial charge is 0.493 e. The first kappa shape index (κ1) is 14.7. The molecule has 0 bridgehead atoms. The van der Waals surface area contributed by atoms with Crippen molar-refractivity contribution in [3.8, 4) is 0 Å². The minimum atomic E-state index is -1.92. The summed E-state index contributed by atoms with van der Waals surface area (Å²) in [5.41, 5.74) is 0. The zero-order chi connectivity index (χ0) is 13.3. The number of aliphatic hydroxyl groups is 2. The van der Waals surface area contributed by atoms with Gasteiger partial charge in [0, 0.05) is 0 Å². The van der Waals surface area contributed by atoms with Gasteiger partial charge in [-0.25, -0.2) is 0 Å². The van der Waals surface area contributed by atoms with Gasteiger partial charge in [0.2, 0.25) is 0 Å². The fourth-order valence-corrected chi connectivity index (χ4v) is 2.66. The highest BCUT2D eigenvalue weighted by molar-refractivity contribution is 6.74. The first-order valence-corrected chi connectivity index (χ1v) is 8.89. The molecule has 2 N–H and O–H groups in total. The van der Waals surface area contributed by atoms with Crippen molar-refractivity contribution in [3.63, 3.8) is 0 Å². The minimum absolute atomic E-state index is 0.0908. The van der Waals surface area contributed by atoms with Gasteiger partial charge in [0.15, 0.2) is 8.32 Å². The van der Waals surface area contributed by atoms with Crippen LogP contribution >= 0.6 is 0 Å². The van der Waals surface area contributed by atoms with Gasteiger partial charge in [-0.1, -0.05) is 20.8 Å². The molecule has 1 aliphatic rings. The molecule has 3 atom stereocenters. The Morgan fingerprint density at radius 1 is 1.35 bits per heavy atom. The predicted molar refractivity (Wildman–Crippen MR) is 69.2 cm³/mol. The van der Waals surface area contributed by atoms with Crippen molar-refractivity contribution in [1.82, 2.24) is 0 Å². The number of hydrogen-bond donors (Lipinski definition) is 2. The van der Waals surface area contributed by atoms with Crippen LogP contribution in [-0.2, 0) is 9.16 Å². The van der Waals surface area contributed by atoms with Crippen LogP contribution in [0.25, 0.3) is 0 Å². The molecule has 0 fully saturated rings. The molecule has 1 aliphatic heterocycles. The van der Waals surface area contributed by atoms with Crippen LogP contribution in [0.4, 0.5) is 0 Å². The molecule has 0 aromatic rings. The molecule has 0 radical (unpaired) electrons. The smallest absolute Gasteiger partial charge is 0.193 e. The summed E-state index contributed by atoms with van der Waals surface area (Å²) < 4.78 is 11.2. The van der Waals surface area contributed by atoms with E-state index in [1.165, 1.54) is 6.26 Å². The van der Waals surface area contributed by atoms with E-state index in [1.54, 1.807) is 6.08 Å². The van der Waals surface area contributed by atoms with E-state index in [0.29, 0.717) is 0 Å². The van der Waals surface area contributed by atoms with Gasteiger partial charge in [0.1, 0.15) is 12.2 Å². The fraction of sp³-hybridized carbons (Fsp3) is 0.833. The zero-order valence-electron chi connectivity index (χ0n) is 11.3. The van der Waals surface area contributed by atoms with Crippen LogP contribution in [0, 0.1) is 0 Å². The molecule has 0 amide bonds. The fourth-order valence-electron chi connectivity index (χ4n) is 1.41. The lowest BCUT2D eigenvalue weighted by atomic mass is 10.1. The number of hydrogen-bond acceptors (Lipinski definition) is 4. The van der Waals surface area contributed by atoms with E-state index < -0.39 is 20.5 Å². The van der Waals surface area contributed by atoms with Crippen LogP contribution in [0.2, 0.25) is 18.1 Å². The summed E-state index contributed by atoms with van der Waals surface area (Å²) in [7, 11) is -1.92. The number of ether oxygens (including phenoxy) is 1. The predicted octanol–water partition coefficient (Wildman–Crippen LogP) is 1.64. The van der Waals surface area contributed by atoms with E-state index in [1.807, 2.05) is 0 Å². The Morgan fingerprint density at radius 3 is 2.41 bits per heavy atom. The first-order chi connectivity index (χ1) is 7.69. The molecule has 5 heteroatoms. The van der Waals surface area contributed by atoms with Crippen molar-refractivity contribution in [3.05, 3.63) is 12.3 Å². The summed E-state index contributed by atoms with van der Waals surface area (Å²) in [5, 5.41) is 19.2. The van der Waals surface area contributed by atoms with E-state index >= 15 is 0 Å². The van der Waals surface area contributed by atoms with Crippen molar-refractivity contribution in [2.45, 2.75) is 57.2 Å². The van der Waals surface area contributed by atoms with E-state index in [9.17, 15) is 5.11 Å². The second-order valence-electron chi connectivity index (χ2n) is 6.02. The summed E-state index contributed by atoms with van der Waals surface area (Å²) in [5.74, 6) is 0. The lowest BCUT2D eigenvalue weighted by molar-refractivity contribution is -0.0770. The van der Waals surface area contributed by atoms with Gasteiger partial charge in [0.25, 0.3) is 0 Å². The van der Waals surface area contributed by atoms with Crippen LogP contribution in [0.5, 0.6) is 0 Å². The van der Waals surface area contributed by atoms with Crippen LogP contribution in [0.15, 0.2) is 12.3 Å². The second-order valence-corrected chi connectivity index (χ2v) is 10.8. The average molecular weight is 260 g/mol. The maximum Gasteiger partial charge on any atom is 0.193 e. The third-order valence-electron chi connectivity index (χ3n) is 3.66. The van der Waals surface area contributed by atoms with Crippen molar-refractivity contribution in [1.29, 1.82) is 0 Å². The molecule has 1 heterocycles. The second kappa shape index (κ2) is 5.10. The molecule has 1 rings (SSSR count). The molecule has 0 aliphatic carbocycles. The SMILES string of the molecule is CC(C)(C)[Si](C)(C)O[C@@H]1C=CO[C@H](CO)[C@H]1O. The van der Waals surface area contributed by atoms with Crippen molar-refractivity contribution in [2.75, 3.05) is 6.61 Å². The van der Waals surface area contributed by atoms with Crippen LogP contribution in [-0.4, -0.2) is 43.4 Å². The van der Waals surface area contributed by atoms with Gasteiger partial charge < -0.3 is 19.4 Å². The minimum Gasteiger partial charge on any atom is -0.493 e. The van der Waals surface area contributed by atoms with E-state index in [2.05, 4.69) is 33.9 Å². The summed E-state index contributed by atoms with van der Waals surface area (Å²) >= 11 is 0. The van der Waals surface area contributed by atoms with Crippen molar-refractivity contribution >= 4 is 8.32 Å². The molecule has 0 spiro atoms. The normalized spacial score (nSPS) is 30.2. The summed E-state index contributed by atoms with van der Waals surface area (Å²) in [4.78, 5) is 0. The Kier molecular flexibility index (Phi) is 4.41. The third-order valence-corrected chi connectivity index (χ3v) is 8.13. The topological polar surface area (TPSA) is 58.9 Å². The number of rotatable bonds is 3. The standard InChI is InChI=1S/C12H24O4Si/c1-12(2,3)17(4,5)16-9-6-7-15-10(8-13)11(9)14/h6-7,9-11,13-14H,8H2,1-5H3/t9-,10-,11+/m1/s1. The molecule has 0 saturated heterocycles. The molecule has 17 heavy (non-hydrogen) atoms. The monoisotopic (exact) mass is 260 g/mol. The molecular formula is C12H24O4Si. The number of aliphatic hydroxyl groups excluding tert-OH is 2. The van der Waals surface area contributed by atoms with Gasteiger partial charge in [0.05, 0.1) is 19.0 Å². The Balaban J connectivity index is 2.75. The summed E-state index contributed by atoms with van der Waals surface area (Å²) in [6.45, 7) is 10.5. The zero-order valence-corrected chi connectivity index (χ0v) is 12.3. The highest BCUT2D eigenvalue weighted by Crippen LogP contribution is 2.38. The lowest BCUT2D eigenvalue weighted by Gasteiger charge is -2.41. The van der Waals surface area contributed by atoms with Gasteiger partial charge in [-0.2, -0.15) is 0 Å². The van der Waals surface area contributed by atoms with Crippen molar-refractivity contribution in [2.24, 2.45) is 0 Å². The van der Waals surface area contributed by atoms with E-state index in [4.69, 9.17) is 14.3 Å². The Hall–Kier alpha value is -0.363. The van der Waals surface area contributed by atoms with E-state index in [-0.39, 0.29) is 17.7 Å². The molecule has 0 aromatic heterocycles. The first-order valence-electron chi connectivity index (χ1n) is 5.98. The summed E-state index contributed by atoms with van der Waals surface area (Å²) in [6.07, 6.45) is 1.44. The van der Waals surface area contributed by atoms with Crippen LogP contribution in [0.3, 0.4) is 0 Å². The highest BCUT2D eigenvalue weighted by atomic mass is 28.4. The van der Waals surface area contributed by atoms with Gasteiger partial charge >= 0.3 is 0 Å². The van der Waals surface area contributed by atoms with Gasteiger partial charge in [-0.15, -0.1) is 0 Å². The quantitative estimate of drug-likeness (QED) is 0.757. The van der Waals surface area contributed by atoms with Crippen LogP contribution in [0.1, 0.15) is 20.8 Å². The maximum absolute atomic E-state index is 10.0. The molecule has 0 saturated carbocycles. The molecule has 0 unspecified atom stereocenters. The average Bonchev–Trinajstić information content (AvgIpc) is 2.19. The molecule has 0 aromatic carbocycles. The van der Waals surface area contributed by atoms with Gasteiger partial charge in [-0.3, -0.25) is 0 Å². The Bertz CT molecular complexity index is 283. The molecule has 100 valence electrons.